The summed E-state index contributed by atoms with van der Waals surface area (Å²) < 4.78 is 0. The van der Waals surface area contributed by atoms with E-state index in [1.54, 1.807) is 0 Å². The Kier molecular flexibility index (Phi) is 6.28. The first-order chi connectivity index (χ1) is 25.8. The van der Waals surface area contributed by atoms with Gasteiger partial charge in [0.15, 0.2) is 0 Å². The smallest absolute Gasteiger partial charge is 0.0788 e. The van der Waals surface area contributed by atoms with E-state index < -0.39 is 0 Å². The molecule has 0 unspecified atom stereocenters. The van der Waals surface area contributed by atoms with Crippen LogP contribution < -0.4 is 0 Å². The topological polar surface area (TPSA) is 25.8 Å². The Morgan fingerprint density at radius 3 is 1.83 bits per heavy atom. The lowest BCUT2D eigenvalue weighted by atomic mass is 9.92. The maximum atomic E-state index is 5.26. The third-order valence-electron chi connectivity index (χ3n) is 10.8. The predicted molar refractivity (Wildman–Crippen MR) is 221 cm³/mol. The molecule has 0 spiro atoms. The predicted octanol–water partition coefficient (Wildman–Crippen LogP) is 13.5. The summed E-state index contributed by atoms with van der Waals surface area (Å²) in [4.78, 5) is 9.96. The van der Waals surface area contributed by atoms with E-state index in [2.05, 4.69) is 170 Å². The number of fused-ring (bicyclic) bond motifs is 11. The molecule has 0 aliphatic heterocycles. The largest absolute Gasteiger partial charge is 0.256 e. The minimum atomic E-state index is 1.01. The summed E-state index contributed by atoms with van der Waals surface area (Å²) in [6.45, 7) is 0. The van der Waals surface area contributed by atoms with Crippen LogP contribution in [0.15, 0.2) is 182 Å². The Morgan fingerprint density at radius 1 is 0.327 bits per heavy atom. The Hall–Kier alpha value is -6.90. The number of pyridine rings is 2. The lowest BCUT2D eigenvalue weighted by molar-refractivity contribution is 1.43. The van der Waals surface area contributed by atoms with Crippen LogP contribution in [0.5, 0.6) is 0 Å². The van der Waals surface area contributed by atoms with E-state index in [-0.39, 0.29) is 0 Å². The van der Waals surface area contributed by atoms with Crippen LogP contribution in [-0.2, 0) is 0 Å². The second-order valence-electron chi connectivity index (χ2n) is 13.7. The van der Waals surface area contributed by atoms with Gasteiger partial charge in [0.25, 0.3) is 0 Å². The van der Waals surface area contributed by atoms with E-state index in [0.717, 1.165) is 27.7 Å². The molecule has 0 amide bonds. The van der Waals surface area contributed by atoms with Gasteiger partial charge in [-0.1, -0.05) is 140 Å². The average molecular weight is 659 g/mol. The molecule has 0 radical (unpaired) electrons. The van der Waals surface area contributed by atoms with Crippen LogP contribution in [0.25, 0.3) is 109 Å². The number of aromatic nitrogens is 2. The van der Waals surface area contributed by atoms with E-state index in [9.17, 15) is 0 Å². The standard InChI is InChI=1S/C50H30N2/c1-2-13-41-31(9-1)20-25-45-48(41)44-16-5-6-17-47(44)52-50(45)37-11-7-10-32(28-37)33-21-23-39-34(27-33)18-19-35-29-36(22-24-40(35)39)46-30-38-12-8-26-51-49(38)43-15-4-3-14-42(43)46/h1-30H. The van der Waals surface area contributed by atoms with Gasteiger partial charge in [-0.15, -0.1) is 0 Å². The molecule has 9 aromatic carbocycles. The molecule has 240 valence electrons. The van der Waals surface area contributed by atoms with Gasteiger partial charge < -0.3 is 0 Å². The highest BCUT2D eigenvalue weighted by atomic mass is 14.7. The number of nitrogens with zero attached hydrogens (tertiary/aromatic N) is 2. The Morgan fingerprint density at radius 2 is 0.962 bits per heavy atom. The van der Waals surface area contributed by atoms with Gasteiger partial charge >= 0.3 is 0 Å². The molecule has 2 heteroatoms. The van der Waals surface area contributed by atoms with Crippen molar-refractivity contribution in [3.63, 3.8) is 0 Å². The third kappa shape index (κ3) is 4.44. The van der Waals surface area contributed by atoms with Gasteiger partial charge in [-0.05, 0) is 96.4 Å². The van der Waals surface area contributed by atoms with Crippen LogP contribution in [0, 0.1) is 0 Å². The first-order valence-corrected chi connectivity index (χ1v) is 17.8. The molecule has 2 nitrogen and oxygen atoms in total. The molecule has 2 aromatic heterocycles. The average Bonchev–Trinajstić information content (AvgIpc) is 3.22. The second-order valence-corrected chi connectivity index (χ2v) is 13.7. The molecule has 2 heterocycles. The number of benzene rings is 9. The number of rotatable bonds is 3. The molecule has 0 saturated carbocycles. The number of hydrogen-bond donors (Lipinski definition) is 0. The summed E-state index contributed by atoms with van der Waals surface area (Å²) in [6, 6.07) is 63.8. The van der Waals surface area contributed by atoms with Crippen molar-refractivity contribution in [3.05, 3.63) is 182 Å². The first kappa shape index (κ1) is 28.9. The van der Waals surface area contributed by atoms with Gasteiger partial charge in [0.2, 0.25) is 0 Å². The molecule has 0 fully saturated rings. The van der Waals surface area contributed by atoms with E-state index in [1.807, 2.05) is 12.3 Å². The van der Waals surface area contributed by atoms with Gasteiger partial charge in [0, 0.05) is 38.7 Å². The molecule has 52 heavy (non-hydrogen) atoms. The van der Waals surface area contributed by atoms with Crippen LogP contribution in [-0.4, -0.2) is 9.97 Å². The second kappa shape index (κ2) is 11.3. The fourth-order valence-corrected chi connectivity index (χ4v) is 8.36. The normalized spacial score (nSPS) is 11.8. The van der Waals surface area contributed by atoms with Gasteiger partial charge in [-0.2, -0.15) is 0 Å². The van der Waals surface area contributed by atoms with Crippen molar-refractivity contribution in [2.75, 3.05) is 0 Å². The van der Waals surface area contributed by atoms with Crippen LogP contribution >= 0.6 is 0 Å². The first-order valence-electron chi connectivity index (χ1n) is 17.8. The zero-order valence-electron chi connectivity index (χ0n) is 28.2. The molecule has 11 rings (SSSR count). The summed E-state index contributed by atoms with van der Waals surface area (Å²) in [6.07, 6.45) is 1.88. The maximum absolute atomic E-state index is 5.26. The van der Waals surface area contributed by atoms with Crippen molar-refractivity contribution in [1.29, 1.82) is 0 Å². The van der Waals surface area contributed by atoms with Crippen molar-refractivity contribution in [2.45, 2.75) is 0 Å². The van der Waals surface area contributed by atoms with Gasteiger partial charge in [-0.25, -0.2) is 4.98 Å². The highest BCUT2D eigenvalue weighted by Crippen LogP contribution is 2.40. The van der Waals surface area contributed by atoms with E-state index in [0.29, 0.717) is 0 Å². The molecule has 0 saturated heterocycles. The Bertz CT molecular complexity index is 3230. The van der Waals surface area contributed by atoms with Crippen molar-refractivity contribution < 1.29 is 0 Å². The summed E-state index contributed by atoms with van der Waals surface area (Å²) in [7, 11) is 0. The fourth-order valence-electron chi connectivity index (χ4n) is 8.36. The molecule has 0 atom stereocenters. The molecule has 0 aliphatic rings. The van der Waals surface area contributed by atoms with Gasteiger partial charge in [0.1, 0.15) is 0 Å². The Balaban J connectivity index is 1.02. The summed E-state index contributed by atoms with van der Waals surface area (Å²) in [5, 5.41) is 14.7. The van der Waals surface area contributed by atoms with Crippen LogP contribution in [0.2, 0.25) is 0 Å². The highest BCUT2D eigenvalue weighted by molar-refractivity contribution is 6.22. The molecule has 11 aromatic rings. The van der Waals surface area contributed by atoms with Crippen LogP contribution in [0.4, 0.5) is 0 Å². The monoisotopic (exact) mass is 658 g/mol. The van der Waals surface area contributed by atoms with Gasteiger partial charge in [-0.3, -0.25) is 4.98 Å². The van der Waals surface area contributed by atoms with Crippen molar-refractivity contribution in [3.8, 4) is 33.5 Å². The molecule has 0 N–H and O–H groups in total. The highest BCUT2D eigenvalue weighted by Gasteiger charge is 2.15. The van der Waals surface area contributed by atoms with Crippen LogP contribution in [0.3, 0.4) is 0 Å². The molecular weight excluding hydrogens is 629 g/mol. The number of hydrogen-bond acceptors (Lipinski definition) is 2. The van der Waals surface area contributed by atoms with Gasteiger partial charge in [0.05, 0.1) is 16.7 Å². The number of para-hydroxylation sites is 1. The lowest BCUT2D eigenvalue weighted by Crippen LogP contribution is -1.91. The van der Waals surface area contributed by atoms with E-state index >= 15 is 0 Å². The molecular formula is C50H30N2. The fraction of sp³-hybridized carbons (Fsp3) is 0. The SMILES string of the molecule is c1cc(-c2ccc3c(ccc4cc(-c5cc6cccnc6c6ccccc56)ccc43)c2)cc(-c2nc3ccccc3c3c2ccc2ccccc23)c1. The maximum Gasteiger partial charge on any atom is 0.0788 e. The van der Waals surface area contributed by atoms with Crippen molar-refractivity contribution >= 4 is 75.7 Å². The zero-order chi connectivity index (χ0) is 34.2. The summed E-state index contributed by atoms with van der Waals surface area (Å²) in [5.74, 6) is 0. The summed E-state index contributed by atoms with van der Waals surface area (Å²) in [5.41, 5.74) is 9.00. The summed E-state index contributed by atoms with van der Waals surface area (Å²) >= 11 is 0. The van der Waals surface area contributed by atoms with E-state index in [1.165, 1.54) is 81.5 Å². The zero-order valence-corrected chi connectivity index (χ0v) is 28.2. The van der Waals surface area contributed by atoms with Crippen LogP contribution in [0.1, 0.15) is 0 Å². The van der Waals surface area contributed by atoms with Crippen molar-refractivity contribution in [2.24, 2.45) is 0 Å². The quantitative estimate of drug-likeness (QED) is 0.177. The minimum absolute atomic E-state index is 1.01. The molecule has 0 bridgehead atoms. The minimum Gasteiger partial charge on any atom is -0.256 e. The third-order valence-corrected chi connectivity index (χ3v) is 10.8. The molecule has 0 aliphatic carbocycles. The lowest BCUT2D eigenvalue weighted by Gasteiger charge is -2.14. The van der Waals surface area contributed by atoms with E-state index in [4.69, 9.17) is 9.97 Å². The Labute approximate surface area is 300 Å². The van der Waals surface area contributed by atoms with Crippen molar-refractivity contribution in [1.82, 2.24) is 9.97 Å².